The maximum atomic E-state index is 12.5. The Balaban J connectivity index is 2.34. The highest BCUT2D eigenvalue weighted by Crippen LogP contribution is 2.22. The Bertz CT molecular complexity index is 728. The number of benzene rings is 2. The van der Waals surface area contributed by atoms with Gasteiger partial charge in [-0.2, -0.15) is 0 Å². The van der Waals surface area contributed by atoms with E-state index in [1.807, 2.05) is 19.2 Å². The van der Waals surface area contributed by atoms with Gasteiger partial charge >= 0.3 is 0 Å². The molecule has 0 bridgehead atoms. The van der Waals surface area contributed by atoms with Crippen molar-refractivity contribution < 1.29 is 8.42 Å². The highest BCUT2D eigenvalue weighted by molar-refractivity contribution is 9.10. The number of hydrogen-bond acceptors (Lipinski definition) is 3. The van der Waals surface area contributed by atoms with Gasteiger partial charge in [0.05, 0.1) is 4.90 Å². The fourth-order valence-corrected chi connectivity index (χ4v) is 3.60. The lowest BCUT2D eigenvalue weighted by Gasteiger charge is -2.12. The lowest BCUT2D eigenvalue weighted by atomic mass is 10.1. The molecule has 2 rings (SSSR count). The van der Waals surface area contributed by atoms with Crippen molar-refractivity contribution in [2.45, 2.75) is 18.4 Å². The zero-order valence-electron chi connectivity index (χ0n) is 11.9. The van der Waals surface area contributed by atoms with E-state index in [4.69, 9.17) is 0 Å². The van der Waals surface area contributed by atoms with Crippen LogP contribution in [-0.2, 0) is 16.6 Å². The first-order valence-corrected chi connectivity index (χ1v) is 8.72. The molecule has 0 heterocycles. The Kier molecular flexibility index (Phi) is 5.03. The van der Waals surface area contributed by atoms with Crippen LogP contribution in [0.25, 0.3) is 0 Å². The SMILES string of the molecule is CNCc1ccc(C)c(S(=O)(=O)Nc2ccc(Br)cc2)c1. The highest BCUT2D eigenvalue weighted by Gasteiger charge is 2.17. The van der Waals surface area contributed by atoms with Crippen LogP contribution in [0.3, 0.4) is 0 Å². The Hall–Kier alpha value is -1.37. The van der Waals surface area contributed by atoms with Gasteiger partial charge in [0.1, 0.15) is 0 Å². The van der Waals surface area contributed by atoms with Gasteiger partial charge in [-0.15, -0.1) is 0 Å². The van der Waals surface area contributed by atoms with Gasteiger partial charge in [-0.3, -0.25) is 4.72 Å². The molecule has 0 aliphatic heterocycles. The Morgan fingerprint density at radius 1 is 1.10 bits per heavy atom. The molecule has 21 heavy (non-hydrogen) atoms. The first kappa shape index (κ1) is 16.0. The molecule has 0 aliphatic rings. The molecule has 0 radical (unpaired) electrons. The van der Waals surface area contributed by atoms with Gasteiger partial charge in [0.15, 0.2) is 0 Å². The Morgan fingerprint density at radius 2 is 1.76 bits per heavy atom. The summed E-state index contributed by atoms with van der Waals surface area (Å²) in [6.45, 7) is 2.42. The Labute approximate surface area is 133 Å². The maximum absolute atomic E-state index is 12.5. The third-order valence-electron chi connectivity index (χ3n) is 3.02. The van der Waals surface area contributed by atoms with Crippen molar-refractivity contribution in [3.63, 3.8) is 0 Å². The van der Waals surface area contributed by atoms with Crippen LogP contribution >= 0.6 is 15.9 Å². The quantitative estimate of drug-likeness (QED) is 0.851. The third-order valence-corrected chi connectivity index (χ3v) is 5.07. The molecule has 0 atom stereocenters. The summed E-state index contributed by atoms with van der Waals surface area (Å²) in [6, 6.07) is 12.5. The van der Waals surface area contributed by atoms with Crippen molar-refractivity contribution in [2.75, 3.05) is 11.8 Å². The van der Waals surface area contributed by atoms with Gasteiger partial charge in [-0.25, -0.2) is 8.42 Å². The Morgan fingerprint density at radius 3 is 2.38 bits per heavy atom. The summed E-state index contributed by atoms with van der Waals surface area (Å²) in [5.74, 6) is 0. The minimum atomic E-state index is -3.59. The van der Waals surface area contributed by atoms with E-state index in [-0.39, 0.29) is 0 Å². The van der Waals surface area contributed by atoms with Gasteiger partial charge in [0.2, 0.25) is 0 Å². The maximum Gasteiger partial charge on any atom is 0.262 e. The number of nitrogens with one attached hydrogen (secondary N) is 2. The summed E-state index contributed by atoms with van der Waals surface area (Å²) in [4.78, 5) is 0.304. The summed E-state index contributed by atoms with van der Waals surface area (Å²) in [7, 11) is -1.76. The summed E-state index contributed by atoms with van der Waals surface area (Å²) in [5, 5.41) is 3.02. The lowest BCUT2D eigenvalue weighted by molar-refractivity contribution is 0.600. The van der Waals surface area contributed by atoms with E-state index in [2.05, 4.69) is 26.0 Å². The van der Waals surface area contributed by atoms with Crippen LogP contribution in [0.15, 0.2) is 51.8 Å². The van der Waals surface area contributed by atoms with E-state index in [9.17, 15) is 8.42 Å². The second-order valence-corrected chi connectivity index (χ2v) is 7.31. The summed E-state index contributed by atoms with van der Waals surface area (Å²) >= 11 is 3.32. The number of hydrogen-bond donors (Lipinski definition) is 2. The number of halogens is 1. The van der Waals surface area contributed by atoms with Gasteiger partial charge in [0.25, 0.3) is 10.0 Å². The van der Waals surface area contributed by atoms with Crippen LogP contribution < -0.4 is 10.0 Å². The molecule has 2 aromatic rings. The van der Waals surface area contributed by atoms with Crippen LogP contribution in [0.4, 0.5) is 5.69 Å². The monoisotopic (exact) mass is 368 g/mol. The van der Waals surface area contributed by atoms with E-state index in [0.29, 0.717) is 17.1 Å². The lowest BCUT2D eigenvalue weighted by Crippen LogP contribution is -2.15. The summed E-state index contributed by atoms with van der Waals surface area (Å²) in [5.41, 5.74) is 2.19. The molecule has 112 valence electrons. The fraction of sp³-hybridized carbons (Fsp3) is 0.200. The average Bonchev–Trinajstić information content (AvgIpc) is 2.43. The van der Waals surface area contributed by atoms with Crippen molar-refractivity contribution >= 4 is 31.6 Å². The van der Waals surface area contributed by atoms with Gasteiger partial charge in [-0.05, 0) is 55.4 Å². The summed E-state index contributed by atoms with van der Waals surface area (Å²) in [6.07, 6.45) is 0. The molecular weight excluding hydrogens is 352 g/mol. The van der Waals surface area contributed by atoms with Gasteiger partial charge < -0.3 is 5.32 Å². The predicted octanol–water partition coefficient (Wildman–Crippen LogP) is 3.28. The topological polar surface area (TPSA) is 58.2 Å². The molecule has 0 saturated heterocycles. The van der Waals surface area contributed by atoms with Crippen LogP contribution in [0.2, 0.25) is 0 Å². The molecule has 4 nitrogen and oxygen atoms in total. The minimum absolute atomic E-state index is 0.304. The zero-order valence-corrected chi connectivity index (χ0v) is 14.3. The fourth-order valence-electron chi connectivity index (χ4n) is 1.98. The van der Waals surface area contributed by atoms with Crippen molar-refractivity contribution in [3.8, 4) is 0 Å². The molecule has 0 saturated carbocycles. The van der Waals surface area contributed by atoms with Crippen LogP contribution in [0.5, 0.6) is 0 Å². The van der Waals surface area contributed by atoms with Crippen LogP contribution in [0, 0.1) is 6.92 Å². The smallest absolute Gasteiger partial charge is 0.262 e. The third kappa shape index (κ3) is 4.06. The van der Waals surface area contributed by atoms with Crippen molar-refractivity contribution in [2.24, 2.45) is 0 Å². The summed E-state index contributed by atoms with van der Waals surface area (Å²) < 4.78 is 28.5. The molecule has 0 amide bonds. The molecule has 2 N–H and O–H groups in total. The van der Waals surface area contributed by atoms with E-state index in [1.165, 1.54) is 0 Å². The van der Waals surface area contributed by atoms with Crippen LogP contribution in [0.1, 0.15) is 11.1 Å². The van der Waals surface area contributed by atoms with Gasteiger partial charge in [0, 0.05) is 16.7 Å². The molecule has 0 aliphatic carbocycles. The first-order chi connectivity index (χ1) is 9.92. The normalized spacial score (nSPS) is 11.4. The molecule has 0 fully saturated rings. The van der Waals surface area contributed by atoms with E-state index < -0.39 is 10.0 Å². The largest absolute Gasteiger partial charge is 0.316 e. The number of rotatable bonds is 5. The number of sulfonamides is 1. The highest BCUT2D eigenvalue weighted by atomic mass is 79.9. The van der Waals surface area contributed by atoms with E-state index in [0.717, 1.165) is 15.6 Å². The number of aryl methyl sites for hydroxylation is 1. The average molecular weight is 369 g/mol. The number of anilines is 1. The predicted molar refractivity (Wildman–Crippen MR) is 88.9 cm³/mol. The van der Waals surface area contributed by atoms with Crippen molar-refractivity contribution in [3.05, 3.63) is 58.1 Å². The molecule has 0 spiro atoms. The second-order valence-electron chi connectivity index (χ2n) is 4.74. The molecule has 0 unspecified atom stereocenters. The first-order valence-electron chi connectivity index (χ1n) is 6.45. The molecule has 0 aromatic heterocycles. The van der Waals surface area contributed by atoms with Crippen molar-refractivity contribution in [1.29, 1.82) is 0 Å². The standard InChI is InChI=1S/C15H17BrN2O2S/c1-11-3-4-12(10-17-2)9-15(11)21(19,20)18-14-7-5-13(16)6-8-14/h3-9,17-18H,10H2,1-2H3. The molecule has 6 heteroatoms. The second kappa shape index (κ2) is 6.60. The molecular formula is C15H17BrN2O2S. The molecule has 2 aromatic carbocycles. The van der Waals surface area contributed by atoms with E-state index in [1.54, 1.807) is 37.3 Å². The van der Waals surface area contributed by atoms with Crippen molar-refractivity contribution in [1.82, 2.24) is 5.32 Å². The zero-order chi connectivity index (χ0) is 15.5. The van der Waals surface area contributed by atoms with E-state index >= 15 is 0 Å². The van der Waals surface area contributed by atoms with Gasteiger partial charge in [-0.1, -0.05) is 28.1 Å². The van der Waals surface area contributed by atoms with Crippen LogP contribution in [-0.4, -0.2) is 15.5 Å². The minimum Gasteiger partial charge on any atom is -0.316 e.